The van der Waals surface area contributed by atoms with Crippen LogP contribution in [0.15, 0.2) is 42.4 Å². The minimum atomic E-state index is -2.39. The topological polar surface area (TPSA) is 101 Å². The molecule has 0 spiro atoms. The monoisotopic (exact) mass is 570 g/mol. The predicted octanol–water partition coefficient (Wildman–Crippen LogP) is 6.03. The highest BCUT2D eigenvalue weighted by molar-refractivity contribution is 6.35. The van der Waals surface area contributed by atoms with E-state index in [2.05, 4.69) is 58.4 Å². The predicted molar refractivity (Wildman–Crippen MR) is 149 cm³/mol. The van der Waals surface area contributed by atoms with Crippen LogP contribution in [0.25, 0.3) is 10.9 Å². The Labute approximate surface area is 235 Å². The molecule has 2 aliphatic rings. The van der Waals surface area contributed by atoms with E-state index in [1.165, 1.54) is 12.3 Å². The summed E-state index contributed by atoms with van der Waals surface area (Å²) in [4.78, 5) is 8.40. The van der Waals surface area contributed by atoms with Crippen LogP contribution in [0, 0.1) is 35.5 Å². The van der Waals surface area contributed by atoms with Crippen LogP contribution in [0.2, 0.25) is 5.02 Å². The van der Waals surface area contributed by atoms with Crippen molar-refractivity contribution in [3.8, 4) is 6.07 Å². The Balaban J connectivity index is 1.55. The third kappa shape index (κ3) is 5.74. The third-order valence-electron chi connectivity index (χ3n) is 6.96. The van der Waals surface area contributed by atoms with Gasteiger partial charge in [-0.25, -0.2) is 13.8 Å². The van der Waals surface area contributed by atoms with Crippen molar-refractivity contribution in [3.63, 3.8) is 0 Å². The second-order valence-corrected chi connectivity index (χ2v) is 11.8. The van der Waals surface area contributed by atoms with Gasteiger partial charge in [0.25, 0.3) is 0 Å². The fraction of sp³-hybridized carbons (Fsp3) is 0.393. The fourth-order valence-corrected chi connectivity index (χ4v) is 5.04. The van der Waals surface area contributed by atoms with Crippen molar-refractivity contribution in [2.24, 2.45) is 11.3 Å². The highest BCUT2D eigenvalue weighted by Gasteiger charge is 2.48. The first-order valence-electron chi connectivity index (χ1n) is 12.9. The number of nitrogens with one attached hydrogen (secondary N) is 4. The SMILES string of the molecule is Cc1nc(F)ccc1[C@H](Nc1cc(Cl)c2ncc(C#N)c(NCC(C)(C)C)c2c1)C1=CN([C@@H]2C[C@H]2C(F)F)NN1. The molecule has 12 heteroatoms. The van der Waals surface area contributed by atoms with Gasteiger partial charge in [-0.3, -0.25) is 9.99 Å². The number of nitriles is 1. The average molecular weight is 571 g/mol. The molecule has 40 heavy (non-hydrogen) atoms. The molecule has 2 aromatic heterocycles. The standard InChI is InChI=1S/C28H30ClF3N8/c1-14-17(5-6-23(30)36-14)26(21-12-40(39-38-21)22-9-18(22)27(31)32)37-16-7-19-24(35-13-28(2,3)4)15(10-33)11-34-25(19)20(29)8-16/h5-8,11-12,18,22,26-27,37-39H,9,13H2,1-4H3,(H,34,35)/t18-,22-,26+/m1/s1. The highest BCUT2D eigenvalue weighted by Crippen LogP contribution is 2.42. The number of hydrogen-bond acceptors (Lipinski definition) is 8. The van der Waals surface area contributed by atoms with Crippen molar-refractivity contribution in [2.75, 3.05) is 17.2 Å². The van der Waals surface area contributed by atoms with E-state index in [9.17, 15) is 18.4 Å². The number of nitrogens with zero attached hydrogens (tertiary/aromatic N) is 4. The van der Waals surface area contributed by atoms with Gasteiger partial charge >= 0.3 is 0 Å². The molecular weight excluding hydrogens is 541 g/mol. The normalized spacial score (nSPS) is 19.3. The Hall–Kier alpha value is -3.75. The summed E-state index contributed by atoms with van der Waals surface area (Å²) in [6.07, 6.45) is 1.22. The molecule has 3 aromatic rings. The van der Waals surface area contributed by atoms with Crippen LogP contribution >= 0.6 is 11.6 Å². The zero-order valence-electron chi connectivity index (χ0n) is 22.5. The maximum atomic E-state index is 13.9. The second-order valence-electron chi connectivity index (χ2n) is 11.3. The zero-order chi connectivity index (χ0) is 28.8. The van der Waals surface area contributed by atoms with E-state index in [1.54, 1.807) is 30.3 Å². The molecular formula is C28H30ClF3N8. The number of anilines is 2. The molecule has 4 N–H and O–H groups in total. The molecule has 3 atom stereocenters. The molecule has 1 saturated carbocycles. The first-order chi connectivity index (χ1) is 18.9. The summed E-state index contributed by atoms with van der Waals surface area (Å²) < 4.78 is 40.3. The quantitative estimate of drug-likeness (QED) is 0.243. The lowest BCUT2D eigenvalue weighted by Crippen LogP contribution is -2.39. The van der Waals surface area contributed by atoms with Crippen molar-refractivity contribution in [1.82, 2.24) is 25.9 Å². The molecule has 8 nitrogen and oxygen atoms in total. The number of rotatable bonds is 8. The van der Waals surface area contributed by atoms with Gasteiger partial charge in [-0.2, -0.15) is 9.65 Å². The maximum absolute atomic E-state index is 13.9. The largest absolute Gasteiger partial charge is 0.383 e. The third-order valence-corrected chi connectivity index (χ3v) is 7.25. The fourth-order valence-electron chi connectivity index (χ4n) is 4.77. The average Bonchev–Trinajstić information content (AvgIpc) is 3.55. The molecule has 1 aromatic carbocycles. The summed E-state index contributed by atoms with van der Waals surface area (Å²) in [6, 6.07) is 7.79. The summed E-state index contributed by atoms with van der Waals surface area (Å²) in [5.41, 5.74) is 9.91. The summed E-state index contributed by atoms with van der Waals surface area (Å²) >= 11 is 6.68. The van der Waals surface area contributed by atoms with E-state index >= 15 is 0 Å². The van der Waals surface area contributed by atoms with Crippen molar-refractivity contribution < 1.29 is 13.2 Å². The Kier molecular flexibility index (Phi) is 7.42. The number of hydrogen-bond donors (Lipinski definition) is 4. The van der Waals surface area contributed by atoms with Crippen LogP contribution in [-0.2, 0) is 0 Å². The van der Waals surface area contributed by atoms with Crippen molar-refractivity contribution >= 4 is 33.9 Å². The van der Waals surface area contributed by atoms with Gasteiger partial charge in [-0.1, -0.05) is 38.4 Å². The molecule has 0 saturated heterocycles. The van der Waals surface area contributed by atoms with Crippen molar-refractivity contribution in [1.29, 1.82) is 5.26 Å². The Bertz CT molecular complexity index is 1510. The summed E-state index contributed by atoms with van der Waals surface area (Å²) in [7, 11) is 0. The van der Waals surface area contributed by atoms with E-state index < -0.39 is 24.3 Å². The number of alkyl halides is 2. The van der Waals surface area contributed by atoms with Crippen LogP contribution in [0.1, 0.15) is 50.1 Å². The molecule has 210 valence electrons. The minimum absolute atomic E-state index is 0.0510. The molecule has 3 heterocycles. The van der Waals surface area contributed by atoms with Gasteiger partial charge in [0, 0.05) is 47.2 Å². The van der Waals surface area contributed by atoms with E-state index in [0.717, 1.165) is 0 Å². The van der Waals surface area contributed by atoms with Gasteiger partial charge in [-0.05, 0) is 37.0 Å². The van der Waals surface area contributed by atoms with Crippen LogP contribution in [0.3, 0.4) is 0 Å². The second kappa shape index (κ2) is 10.7. The van der Waals surface area contributed by atoms with Crippen LogP contribution in [-0.4, -0.2) is 34.0 Å². The number of pyridine rings is 2. The molecule has 0 bridgehead atoms. The minimum Gasteiger partial charge on any atom is -0.383 e. The van der Waals surface area contributed by atoms with Crippen molar-refractivity contribution in [2.45, 2.75) is 52.6 Å². The van der Waals surface area contributed by atoms with Crippen LogP contribution in [0.4, 0.5) is 24.5 Å². The van der Waals surface area contributed by atoms with E-state index in [-0.39, 0.29) is 11.5 Å². The smallest absolute Gasteiger partial charge is 0.243 e. The first kappa shape index (κ1) is 27.8. The number of aromatic nitrogens is 2. The van der Waals surface area contributed by atoms with E-state index in [1.807, 2.05) is 6.07 Å². The lowest BCUT2D eigenvalue weighted by Gasteiger charge is -2.24. The molecule has 0 radical (unpaired) electrons. The Morgan fingerprint density at radius 1 is 1.27 bits per heavy atom. The van der Waals surface area contributed by atoms with Gasteiger partial charge < -0.3 is 16.1 Å². The number of benzene rings is 1. The van der Waals surface area contributed by atoms with Gasteiger partial charge in [0.05, 0.1) is 39.6 Å². The molecule has 0 amide bonds. The van der Waals surface area contributed by atoms with Gasteiger partial charge in [-0.15, -0.1) is 5.53 Å². The van der Waals surface area contributed by atoms with Crippen LogP contribution < -0.4 is 21.6 Å². The maximum Gasteiger partial charge on any atom is 0.243 e. The lowest BCUT2D eigenvalue weighted by atomic mass is 9.96. The van der Waals surface area contributed by atoms with Gasteiger partial charge in [0.2, 0.25) is 12.4 Å². The Morgan fingerprint density at radius 2 is 2.05 bits per heavy atom. The molecule has 5 rings (SSSR count). The highest BCUT2D eigenvalue weighted by atomic mass is 35.5. The molecule has 1 aliphatic heterocycles. The van der Waals surface area contributed by atoms with Gasteiger partial charge in [0.1, 0.15) is 6.07 Å². The van der Waals surface area contributed by atoms with Crippen molar-refractivity contribution in [3.05, 3.63) is 70.2 Å². The van der Waals surface area contributed by atoms with Crippen LogP contribution in [0.5, 0.6) is 0 Å². The number of aryl methyl sites for hydroxylation is 1. The number of fused-ring (bicyclic) bond motifs is 1. The molecule has 0 unspecified atom stereocenters. The summed E-state index contributed by atoms with van der Waals surface area (Å²) in [5, 5.41) is 19.3. The van der Waals surface area contributed by atoms with E-state index in [4.69, 9.17) is 11.6 Å². The first-order valence-corrected chi connectivity index (χ1v) is 13.3. The van der Waals surface area contributed by atoms with Gasteiger partial charge in [0.15, 0.2) is 0 Å². The summed E-state index contributed by atoms with van der Waals surface area (Å²) in [6.45, 7) is 8.57. The zero-order valence-corrected chi connectivity index (χ0v) is 23.2. The molecule has 1 fully saturated rings. The number of halogens is 4. The molecule has 1 aliphatic carbocycles. The number of hydrazine groups is 2. The Morgan fingerprint density at radius 3 is 2.70 bits per heavy atom. The lowest BCUT2D eigenvalue weighted by molar-refractivity contribution is 0.104. The van der Waals surface area contributed by atoms with E-state index in [0.29, 0.717) is 62.8 Å². The summed E-state index contributed by atoms with van der Waals surface area (Å²) in [5.74, 6) is -1.31.